The minimum Gasteiger partial charge on any atom is -0.309 e. The Morgan fingerprint density at radius 2 is 0.873 bits per heavy atom. The summed E-state index contributed by atoms with van der Waals surface area (Å²) in [6.45, 7) is 0. The SMILES string of the molecule is c1ccc2c(c1)-c1cc3c4cc(-c5ccc6c(c5)c5ccccc5n6-c5cccc6ccccc56)ccc4n(-c4ccc5ccccc5c4)c3cc1C2c1ccc2ccccc2c1. The first kappa shape index (κ1) is 34.5. The van der Waals surface area contributed by atoms with Gasteiger partial charge in [-0.2, -0.15) is 0 Å². The molecule has 292 valence electrons. The molecule has 2 heterocycles. The Balaban J connectivity index is 1.00. The molecule has 0 saturated heterocycles. The second-order valence-corrected chi connectivity index (χ2v) is 17.3. The highest BCUT2D eigenvalue weighted by molar-refractivity contribution is 6.15. The highest BCUT2D eigenvalue weighted by Crippen LogP contribution is 2.51. The normalized spacial score (nSPS) is 13.6. The van der Waals surface area contributed by atoms with Gasteiger partial charge in [0.1, 0.15) is 0 Å². The first-order valence-electron chi connectivity index (χ1n) is 21.9. The van der Waals surface area contributed by atoms with Gasteiger partial charge in [-0.05, 0) is 127 Å². The van der Waals surface area contributed by atoms with Gasteiger partial charge < -0.3 is 9.13 Å². The number of benzene rings is 11. The molecule has 2 heteroatoms. The van der Waals surface area contributed by atoms with Crippen LogP contribution >= 0.6 is 0 Å². The average Bonchev–Trinajstić information content (AvgIpc) is 3.97. The molecule has 2 nitrogen and oxygen atoms in total. The van der Waals surface area contributed by atoms with Crippen LogP contribution in [0.15, 0.2) is 224 Å². The quantitative estimate of drug-likeness (QED) is 0.168. The van der Waals surface area contributed by atoms with Crippen LogP contribution in [0.5, 0.6) is 0 Å². The summed E-state index contributed by atoms with van der Waals surface area (Å²) < 4.78 is 4.95. The number of nitrogens with zero attached hydrogens (tertiary/aromatic N) is 2. The van der Waals surface area contributed by atoms with Crippen molar-refractivity contribution in [2.45, 2.75) is 5.92 Å². The van der Waals surface area contributed by atoms with E-state index in [9.17, 15) is 0 Å². The van der Waals surface area contributed by atoms with Gasteiger partial charge in [-0.25, -0.2) is 0 Å². The van der Waals surface area contributed by atoms with E-state index in [4.69, 9.17) is 0 Å². The first-order valence-corrected chi connectivity index (χ1v) is 21.9. The molecule has 1 unspecified atom stereocenters. The topological polar surface area (TPSA) is 9.86 Å². The fourth-order valence-electron chi connectivity index (χ4n) is 11.1. The van der Waals surface area contributed by atoms with Crippen molar-refractivity contribution in [1.29, 1.82) is 0 Å². The molecule has 1 aliphatic carbocycles. The van der Waals surface area contributed by atoms with Crippen LogP contribution in [0.2, 0.25) is 0 Å². The number of hydrogen-bond donors (Lipinski definition) is 0. The summed E-state index contributed by atoms with van der Waals surface area (Å²) in [5, 5.41) is 12.5. The summed E-state index contributed by atoms with van der Waals surface area (Å²) in [5.74, 6) is 0.131. The highest BCUT2D eigenvalue weighted by Gasteiger charge is 2.32. The molecule has 1 atom stereocenters. The smallest absolute Gasteiger partial charge is 0.0544 e. The molecule has 0 radical (unpaired) electrons. The summed E-state index contributed by atoms with van der Waals surface area (Å²) in [6.07, 6.45) is 0. The van der Waals surface area contributed by atoms with Crippen molar-refractivity contribution in [2.75, 3.05) is 0 Å². The lowest BCUT2D eigenvalue weighted by Crippen LogP contribution is -2.00. The Morgan fingerprint density at radius 3 is 1.68 bits per heavy atom. The zero-order valence-electron chi connectivity index (χ0n) is 34.3. The van der Waals surface area contributed by atoms with Crippen molar-refractivity contribution in [3.8, 4) is 33.6 Å². The van der Waals surface area contributed by atoms with Crippen LogP contribution in [-0.4, -0.2) is 9.13 Å². The maximum atomic E-state index is 2.51. The number of para-hydroxylation sites is 1. The monoisotopic (exact) mass is 798 g/mol. The van der Waals surface area contributed by atoms with Gasteiger partial charge in [-0.1, -0.05) is 164 Å². The third kappa shape index (κ3) is 5.07. The van der Waals surface area contributed by atoms with E-state index in [0.717, 1.165) is 0 Å². The molecule has 0 spiro atoms. The standard InChI is InChI=1S/C61H38N2/c1-3-15-41-32-45(25-24-38(41)12-1)61-50-21-8-7-19-48(50)51-36-54-53-35-44(27-30-58(53)62(60(54)37-55(51)61)46-29-26-39-13-2-4-16-42(39)33-46)43-28-31-59-52(34-43)49-20-9-10-22-57(49)63(59)56-23-11-17-40-14-5-6-18-47(40)56/h1-37,61H. The predicted octanol–water partition coefficient (Wildman–Crippen LogP) is 16.2. The van der Waals surface area contributed by atoms with Crippen LogP contribution in [-0.2, 0) is 0 Å². The van der Waals surface area contributed by atoms with E-state index < -0.39 is 0 Å². The largest absolute Gasteiger partial charge is 0.309 e. The molecule has 0 saturated carbocycles. The molecule has 2 aromatic heterocycles. The fraction of sp³-hybridized carbons (Fsp3) is 0.0164. The number of aromatic nitrogens is 2. The number of hydrogen-bond acceptors (Lipinski definition) is 0. The minimum absolute atomic E-state index is 0.131. The molecule has 11 aromatic carbocycles. The van der Waals surface area contributed by atoms with Crippen LogP contribution < -0.4 is 0 Å². The molecule has 63 heavy (non-hydrogen) atoms. The van der Waals surface area contributed by atoms with Crippen molar-refractivity contribution in [1.82, 2.24) is 9.13 Å². The van der Waals surface area contributed by atoms with E-state index in [-0.39, 0.29) is 5.92 Å². The molecular weight excluding hydrogens is 761 g/mol. The molecule has 13 aromatic rings. The lowest BCUT2D eigenvalue weighted by molar-refractivity contribution is 1.02. The molecule has 0 N–H and O–H groups in total. The first-order chi connectivity index (χ1) is 31.2. The Labute approximate surface area is 364 Å². The zero-order chi connectivity index (χ0) is 41.2. The van der Waals surface area contributed by atoms with Gasteiger partial charge in [-0.15, -0.1) is 0 Å². The Hall–Kier alpha value is -8.20. The van der Waals surface area contributed by atoms with E-state index in [2.05, 4.69) is 234 Å². The zero-order valence-corrected chi connectivity index (χ0v) is 34.3. The molecule has 0 bridgehead atoms. The lowest BCUT2D eigenvalue weighted by Gasteiger charge is -2.16. The average molecular weight is 799 g/mol. The van der Waals surface area contributed by atoms with Crippen molar-refractivity contribution in [2.24, 2.45) is 0 Å². The molecule has 0 amide bonds. The van der Waals surface area contributed by atoms with Crippen LogP contribution in [0.3, 0.4) is 0 Å². The summed E-state index contributed by atoms with van der Waals surface area (Å²) in [7, 11) is 0. The van der Waals surface area contributed by atoms with Crippen LogP contribution in [0, 0.1) is 0 Å². The summed E-state index contributed by atoms with van der Waals surface area (Å²) in [4.78, 5) is 0. The van der Waals surface area contributed by atoms with Crippen molar-refractivity contribution < 1.29 is 0 Å². The van der Waals surface area contributed by atoms with Gasteiger partial charge in [0.15, 0.2) is 0 Å². The van der Waals surface area contributed by atoms with E-state index in [0.29, 0.717) is 0 Å². The van der Waals surface area contributed by atoms with E-state index in [1.165, 1.54) is 126 Å². The summed E-state index contributed by atoms with van der Waals surface area (Å²) in [5.41, 5.74) is 16.3. The molecule has 0 aliphatic heterocycles. The van der Waals surface area contributed by atoms with Gasteiger partial charge >= 0.3 is 0 Å². The predicted molar refractivity (Wildman–Crippen MR) is 266 cm³/mol. The number of fused-ring (bicyclic) bond motifs is 12. The van der Waals surface area contributed by atoms with Crippen LogP contribution in [0.4, 0.5) is 0 Å². The fourth-order valence-corrected chi connectivity index (χ4v) is 11.1. The van der Waals surface area contributed by atoms with E-state index in [1.54, 1.807) is 0 Å². The van der Waals surface area contributed by atoms with E-state index >= 15 is 0 Å². The van der Waals surface area contributed by atoms with Gasteiger partial charge in [0.25, 0.3) is 0 Å². The second kappa shape index (κ2) is 13.1. The summed E-state index contributed by atoms with van der Waals surface area (Å²) in [6, 6.07) is 83.7. The molecule has 14 rings (SSSR count). The lowest BCUT2D eigenvalue weighted by atomic mass is 9.88. The van der Waals surface area contributed by atoms with Gasteiger partial charge in [0.05, 0.1) is 27.8 Å². The second-order valence-electron chi connectivity index (χ2n) is 17.3. The highest BCUT2D eigenvalue weighted by atomic mass is 15.0. The van der Waals surface area contributed by atoms with Crippen molar-refractivity contribution >= 4 is 75.9 Å². The molecular formula is C61H38N2. The van der Waals surface area contributed by atoms with Gasteiger partial charge in [-0.3, -0.25) is 0 Å². The minimum atomic E-state index is 0.131. The van der Waals surface area contributed by atoms with E-state index in [1.807, 2.05) is 0 Å². The summed E-state index contributed by atoms with van der Waals surface area (Å²) >= 11 is 0. The maximum Gasteiger partial charge on any atom is 0.0544 e. The van der Waals surface area contributed by atoms with Crippen molar-refractivity contribution in [3.63, 3.8) is 0 Å². The number of rotatable bonds is 4. The van der Waals surface area contributed by atoms with Gasteiger partial charge in [0.2, 0.25) is 0 Å². The van der Waals surface area contributed by atoms with Crippen molar-refractivity contribution in [3.05, 3.63) is 241 Å². The maximum absolute atomic E-state index is 2.51. The van der Waals surface area contributed by atoms with Crippen LogP contribution in [0.1, 0.15) is 22.6 Å². The Morgan fingerprint density at radius 1 is 0.286 bits per heavy atom. The third-order valence-electron chi connectivity index (χ3n) is 13.9. The Bertz CT molecular complexity index is 4040. The van der Waals surface area contributed by atoms with Crippen LogP contribution in [0.25, 0.3) is 110 Å². The molecule has 0 fully saturated rings. The van der Waals surface area contributed by atoms with Gasteiger partial charge in [0, 0.05) is 38.5 Å². The third-order valence-corrected chi connectivity index (χ3v) is 13.9. The Kier molecular flexibility index (Phi) is 7.20. The molecule has 1 aliphatic rings.